The molecule has 6 nitrogen and oxygen atoms in total. The third-order valence-corrected chi connectivity index (χ3v) is 5.67. The summed E-state index contributed by atoms with van der Waals surface area (Å²) in [7, 11) is 0. The second-order valence-corrected chi connectivity index (χ2v) is 8.11. The van der Waals surface area contributed by atoms with Crippen LogP contribution in [-0.2, 0) is 10.5 Å². The zero-order valence-corrected chi connectivity index (χ0v) is 18.1. The number of carbonyl (C=O) groups excluding carboxylic acids is 2. The summed E-state index contributed by atoms with van der Waals surface area (Å²) < 4.78 is 46.7. The lowest BCUT2D eigenvalue weighted by atomic mass is 9.76. The molecule has 1 aliphatic heterocycles. The number of nitrogens with one attached hydrogen (secondary N) is 2. The molecular formula is C24H18ClF3N2O4. The number of amides is 2. The molecule has 1 fully saturated rings. The molecule has 10 heteroatoms. The van der Waals surface area contributed by atoms with E-state index in [0.29, 0.717) is 5.75 Å². The fourth-order valence-electron chi connectivity index (χ4n) is 3.90. The smallest absolute Gasteiger partial charge is 0.450 e. The summed E-state index contributed by atoms with van der Waals surface area (Å²) in [5.74, 6) is -3.62. The summed E-state index contributed by atoms with van der Waals surface area (Å²) in [4.78, 5) is 25.1. The van der Waals surface area contributed by atoms with Crippen molar-refractivity contribution < 1.29 is 32.6 Å². The molecule has 0 bridgehead atoms. The normalized spacial score (nSPS) is 22.4. The van der Waals surface area contributed by atoms with Gasteiger partial charge in [0.05, 0.1) is 6.04 Å². The minimum absolute atomic E-state index is 0.129. The number of alkyl halides is 3. The maximum absolute atomic E-state index is 13.7. The fraction of sp³-hybridized carbons (Fsp3) is 0.167. The van der Waals surface area contributed by atoms with Gasteiger partial charge in [0.1, 0.15) is 17.4 Å². The molecule has 3 N–H and O–H groups in total. The highest BCUT2D eigenvalue weighted by Gasteiger charge is 2.59. The highest BCUT2D eigenvalue weighted by Crippen LogP contribution is 2.43. The molecule has 2 amide bonds. The van der Waals surface area contributed by atoms with Gasteiger partial charge >= 0.3 is 12.2 Å². The molecule has 0 aliphatic carbocycles. The lowest BCUT2D eigenvalue weighted by Crippen LogP contribution is -2.66. The Morgan fingerprint density at radius 2 is 1.62 bits per heavy atom. The summed E-state index contributed by atoms with van der Waals surface area (Å²) in [5, 5.41) is 16.1. The van der Waals surface area contributed by atoms with Gasteiger partial charge in [0.25, 0.3) is 0 Å². The van der Waals surface area contributed by atoms with E-state index in [-0.39, 0.29) is 21.9 Å². The monoisotopic (exact) mass is 490 g/mol. The third kappa shape index (κ3) is 4.71. The molecule has 1 heterocycles. The van der Waals surface area contributed by atoms with E-state index in [1.165, 1.54) is 42.5 Å². The summed E-state index contributed by atoms with van der Waals surface area (Å²) in [6.07, 6.45) is -5.29. The molecular weight excluding hydrogens is 473 g/mol. The van der Waals surface area contributed by atoms with Crippen molar-refractivity contribution in [2.45, 2.75) is 17.9 Å². The minimum atomic E-state index is -5.29. The first-order valence-electron chi connectivity index (χ1n) is 10.1. The Balaban J connectivity index is 1.80. The van der Waals surface area contributed by atoms with Crippen molar-refractivity contribution in [3.63, 3.8) is 0 Å². The maximum atomic E-state index is 13.7. The lowest BCUT2D eigenvalue weighted by Gasteiger charge is -2.45. The number of ketones is 1. The van der Waals surface area contributed by atoms with Crippen molar-refractivity contribution in [1.29, 1.82) is 0 Å². The van der Waals surface area contributed by atoms with Crippen LogP contribution in [0.15, 0.2) is 78.9 Å². The molecule has 4 rings (SSSR count). The van der Waals surface area contributed by atoms with Crippen LogP contribution in [0, 0.1) is 5.92 Å². The zero-order chi connectivity index (χ0) is 24.5. The van der Waals surface area contributed by atoms with Crippen LogP contribution < -0.4 is 15.4 Å². The third-order valence-electron chi connectivity index (χ3n) is 5.42. The second kappa shape index (κ2) is 9.00. The summed E-state index contributed by atoms with van der Waals surface area (Å²) >= 11 is 5.86. The molecule has 176 valence electrons. The molecule has 3 atom stereocenters. The summed E-state index contributed by atoms with van der Waals surface area (Å²) in [6, 6.07) is 17.3. The average Bonchev–Trinajstić information content (AvgIpc) is 2.79. The zero-order valence-electron chi connectivity index (χ0n) is 17.3. The average molecular weight is 491 g/mol. The SMILES string of the molecule is O=C1N[C@H](c2cccc(Oc3ccccc3)c2)[C@H](C(=O)C(F)(F)F)[C@](O)(c2ccc(Cl)cc2)N1. The molecule has 3 aromatic carbocycles. The van der Waals surface area contributed by atoms with Crippen LogP contribution in [0.3, 0.4) is 0 Å². The number of carbonyl (C=O) groups is 2. The molecule has 0 radical (unpaired) electrons. The fourth-order valence-corrected chi connectivity index (χ4v) is 4.02. The number of hydrogen-bond acceptors (Lipinski definition) is 4. The number of aliphatic hydroxyl groups is 1. The minimum Gasteiger partial charge on any atom is -0.457 e. The van der Waals surface area contributed by atoms with Crippen LogP contribution in [0.2, 0.25) is 5.02 Å². The number of halogens is 4. The van der Waals surface area contributed by atoms with Crippen LogP contribution in [0.25, 0.3) is 0 Å². The molecule has 1 saturated heterocycles. The Morgan fingerprint density at radius 1 is 0.971 bits per heavy atom. The van der Waals surface area contributed by atoms with Gasteiger partial charge in [-0.15, -0.1) is 0 Å². The van der Waals surface area contributed by atoms with Gasteiger partial charge in [0.2, 0.25) is 5.78 Å². The van der Waals surface area contributed by atoms with E-state index in [4.69, 9.17) is 16.3 Å². The molecule has 0 saturated carbocycles. The summed E-state index contributed by atoms with van der Waals surface area (Å²) in [5.41, 5.74) is -2.66. The molecule has 0 aromatic heterocycles. The molecule has 1 aliphatic rings. The van der Waals surface area contributed by atoms with E-state index < -0.39 is 35.7 Å². The van der Waals surface area contributed by atoms with Crippen molar-refractivity contribution in [2.24, 2.45) is 5.92 Å². The van der Waals surface area contributed by atoms with Crippen molar-refractivity contribution >= 4 is 23.4 Å². The van der Waals surface area contributed by atoms with Crippen LogP contribution in [0.5, 0.6) is 11.5 Å². The highest BCUT2D eigenvalue weighted by molar-refractivity contribution is 6.30. The Morgan fingerprint density at radius 3 is 2.26 bits per heavy atom. The number of rotatable bonds is 5. The van der Waals surface area contributed by atoms with Crippen LogP contribution in [-0.4, -0.2) is 23.1 Å². The quantitative estimate of drug-likeness (QED) is 0.465. The van der Waals surface area contributed by atoms with Gasteiger partial charge in [-0.3, -0.25) is 4.79 Å². The lowest BCUT2D eigenvalue weighted by molar-refractivity contribution is -0.190. The molecule has 3 aromatic rings. The molecule has 0 spiro atoms. The van der Waals surface area contributed by atoms with E-state index in [0.717, 1.165) is 0 Å². The standard InChI is InChI=1S/C24H18ClF3N2O4/c25-16-11-9-15(10-12-16)23(33)19(21(31)24(26,27)28)20(29-22(32)30-23)14-5-4-8-18(13-14)34-17-6-2-1-3-7-17/h1-13,19-20,33H,(H2,29,30,32)/t19-,20-,23-/m1/s1. The maximum Gasteiger partial charge on any atom is 0.450 e. The van der Waals surface area contributed by atoms with Gasteiger partial charge in [0.15, 0.2) is 5.72 Å². The Kier molecular flexibility index (Phi) is 6.24. The first kappa shape index (κ1) is 23.6. The topological polar surface area (TPSA) is 87.7 Å². The van der Waals surface area contributed by atoms with Gasteiger partial charge < -0.3 is 20.5 Å². The Hall–Kier alpha value is -3.56. The van der Waals surface area contributed by atoms with E-state index in [1.807, 2.05) is 0 Å². The van der Waals surface area contributed by atoms with E-state index in [2.05, 4.69) is 10.6 Å². The summed E-state index contributed by atoms with van der Waals surface area (Å²) in [6.45, 7) is 0. The number of para-hydroxylation sites is 1. The van der Waals surface area contributed by atoms with Gasteiger partial charge in [-0.05, 0) is 42.0 Å². The van der Waals surface area contributed by atoms with Gasteiger partial charge in [-0.1, -0.05) is 54.1 Å². The van der Waals surface area contributed by atoms with Crippen molar-refractivity contribution in [2.75, 3.05) is 0 Å². The van der Waals surface area contributed by atoms with E-state index in [9.17, 15) is 27.9 Å². The van der Waals surface area contributed by atoms with Crippen LogP contribution >= 0.6 is 11.6 Å². The predicted molar refractivity (Wildman–Crippen MR) is 117 cm³/mol. The van der Waals surface area contributed by atoms with Crippen molar-refractivity contribution in [3.8, 4) is 11.5 Å². The Bertz CT molecular complexity index is 1200. The predicted octanol–water partition coefficient (Wildman–Crippen LogP) is 5.08. The molecule has 34 heavy (non-hydrogen) atoms. The van der Waals surface area contributed by atoms with E-state index in [1.54, 1.807) is 36.4 Å². The number of Topliss-reactive ketones (excluding diaryl/α,β-unsaturated/α-hetero) is 1. The van der Waals surface area contributed by atoms with Crippen LogP contribution in [0.4, 0.5) is 18.0 Å². The van der Waals surface area contributed by atoms with Gasteiger partial charge in [-0.25, -0.2) is 4.79 Å². The largest absolute Gasteiger partial charge is 0.457 e. The van der Waals surface area contributed by atoms with Crippen LogP contribution in [0.1, 0.15) is 17.2 Å². The van der Waals surface area contributed by atoms with Crippen molar-refractivity contribution in [1.82, 2.24) is 10.6 Å². The van der Waals surface area contributed by atoms with Gasteiger partial charge in [-0.2, -0.15) is 13.2 Å². The highest BCUT2D eigenvalue weighted by atomic mass is 35.5. The van der Waals surface area contributed by atoms with Gasteiger partial charge in [0, 0.05) is 10.6 Å². The second-order valence-electron chi connectivity index (χ2n) is 7.68. The number of urea groups is 1. The number of ether oxygens (including phenoxy) is 1. The van der Waals surface area contributed by atoms with E-state index >= 15 is 0 Å². The number of hydrogen-bond donors (Lipinski definition) is 3. The first-order valence-corrected chi connectivity index (χ1v) is 10.5. The Labute approximate surface area is 197 Å². The number of benzene rings is 3. The van der Waals surface area contributed by atoms with Crippen molar-refractivity contribution in [3.05, 3.63) is 95.0 Å². The molecule has 0 unspecified atom stereocenters. The first-order chi connectivity index (χ1) is 16.1.